The smallest absolute Gasteiger partial charge is 0.164 e. The highest BCUT2D eigenvalue weighted by Crippen LogP contribution is 2.41. The summed E-state index contributed by atoms with van der Waals surface area (Å²) >= 11 is 0. The minimum absolute atomic E-state index is 0.621. The van der Waals surface area contributed by atoms with Gasteiger partial charge in [-0.3, -0.25) is 0 Å². The Hall–Kier alpha value is -7.63. The van der Waals surface area contributed by atoms with Crippen molar-refractivity contribution in [3.8, 4) is 62.1 Å². The van der Waals surface area contributed by atoms with E-state index in [1.54, 1.807) is 0 Å². The van der Waals surface area contributed by atoms with Crippen LogP contribution < -0.4 is 0 Å². The lowest BCUT2D eigenvalue weighted by Gasteiger charge is -2.11. The first-order valence-electron chi connectivity index (χ1n) is 18.8. The van der Waals surface area contributed by atoms with Crippen LogP contribution in [0.1, 0.15) is 0 Å². The second-order valence-corrected chi connectivity index (χ2v) is 14.0. The van der Waals surface area contributed by atoms with Crippen LogP contribution in [0.3, 0.4) is 0 Å². The number of benzene rings is 8. The first kappa shape index (κ1) is 31.9. The average molecular weight is 717 g/mol. The second-order valence-electron chi connectivity index (χ2n) is 14.0. The Morgan fingerprint density at radius 1 is 0.321 bits per heavy atom. The molecule has 0 spiro atoms. The number of aromatic nitrogens is 4. The zero-order valence-electron chi connectivity index (χ0n) is 30.2. The summed E-state index contributed by atoms with van der Waals surface area (Å²) in [5, 5.41) is 4.43. The molecule has 56 heavy (non-hydrogen) atoms. The van der Waals surface area contributed by atoms with Gasteiger partial charge in [0.15, 0.2) is 17.5 Å². The van der Waals surface area contributed by atoms with E-state index in [0.717, 1.165) is 77.2 Å². The van der Waals surface area contributed by atoms with Gasteiger partial charge in [0, 0.05) is 32.8 Å². The van der Waals surface area contributed by atoms with Crippen molar-refractivity contribution in [2.24, 2.45) is 0 Å². The van der Waals surface area contributed by atoms with E-state index in [0.29, 0.717) is 17.5 Å². The molecule has 11 rings (SSSR count). The molecule has 0 atom stereocenters. The Bertz CT molecular complexity index is 3220. The van der Waals surface area contributed by atoms with Crippen LogP contribution in [-0.2, 0) is 0 Å². The molecule has 0 saturated heterocycles. The molecule has 8 aromatic carbocycles. The van der Waals surface area contributed by atoms with Crippen LogP contribution in [0.15, 0.2) is 199 Å². The predicted octanol–water partition coefficient (Wildman–Crippen LogP) is 13.2. The summed E-state index contributed by atoms with van der Waals surface area (Å²) < 4.78 is 8.84. The standard InChI is InChI=1S/C51H32N4O/c1-4-13-33(14-5-1)35-23-25-37(26-24-35)50-52-49(36-17-8-3-9-18-36)53-51(54-50)39-27-29-44-41(32-39)40-19-10-11-20-43(40)55(44)45-21-12-22-47-48(45)42-31-38(28-30-46(42)56-47)34-15-6-2-7-16-34/h1-32H. The highest BCUT2D eigenvalue weighted by molar-refractivity contribution is 6.15. The molecule has 0 saturated carbocycles. The molecule has 0 amide bonds. The van der Waals surface area contributed by atoms with Crippen molar-refractivity contribution in [1.82, 2.24) is 19.5 Å². The van der Waals surface area contributed by atoms with Gasteiger partial charge >= 0.3 is 0 Å². The van der Waals surface area contributed by atoms with Crippen molar-refractivity contribution in [2.75, 3.05) is 0 Å². The third-order valence-electron chi connectivity index (χ3n) is 10.7. The first-order chi connectivity index (χ1) is 27.7. The molecule has 0 aliphatic carbocycles. The molecule has 0 N–H and O–H groups in total. The molecule has 0 aliphatic heterocycles. The largest absolute Gasteiger partial charge is 0.456 e. The van der Waals surface area contributed by atoms with Crippen LogP contribution in [0.25, 0.3) is 106 Å². The second kappa shape index (κ2) is 13.0. The molecule has 0 fully saturated rings. The van der Waals surface area contributed by atoms with Gasteiger partial charge in [-0.25, -0.2) is 15.0 Å². The maximum atomic E-state index is 6.47. The molecule has 5 nitrogen and oxygen atoms in total. The Labute approximate surface area is 322 Å². The number of rotatable bonds is 6. The van der Waals surface area contributed by atoms with E-state index < -0.39 is 0 Å². The molecule has 0 unspecified atom stereocenters. The quantitative estimate of drug-likeness (QED) is 0.172. The van der Waals surface area contributed by atoms with Gasteiger partial charge in [0.2, 0.25) is 0 Å². The van der Waals surface area contributed by atoms with Crippen molar-refractivity contribution >= 4 is 43.7 Å². The average Bonchev–Trinajstić information content (AvgIpc) is 3.82. The number of para-hydroxylation sites is 1. The molecular formula is C51H32N4O. The fraction of sp³-hybridized carbons (Fsp3) is 0. The van der Waals surface area contributed by atoms with Gasteiger partial charge in [-0.2, -0.15) is 0 Å². The van der Waals surface area contributed by atoms with Gasteiger partial charge in [0.05, 0.1) is 22.1 Å². The Morgan fingerprint density at radius 2 is 0.821 bits per heavy atom. The van der Waals surface area contributed by atoms with Crippen molar-refractivity contribution in [1.29, 1.82) is 0 Å². The summed E-state index contributed by atoms with van der Waals surface area (Å²) in [5.41, 5.74) is 12.4. The summed E-state index contributed by atoms with van der Waals surface area (Å²) in [4.78, 5) is 15.2. The fourth-order valence-electron chi connectivity index (χ4n) is 7.97. The first-order valence-corrected chi connectivity index (χ1v) is 18.8. The van der Waals surface area contributed by atoms with Gasteiger partial charge in [0.1, 0.15) is 11.2 Å². The third kappa shape index (κ3) is 5.37. The molecule has 3 heterocycles. The van der Waals surface area contributed by atoms with Crippen molar-refractivity contribution in [3.63, 3.8) is 0 Å². The summed E-state index contributed by atoms with van der Waals surface area (Å²) in [6, 6.07) is 67.4. The topological polar surface area (TPSA) is 56.7 Å². The van der Waals surface area contributed by atoms with Crippen LogP contribution in [0.4, 0.5) is 0 Å². The molecule has 11 aromatic rings. The molecule has 5 heteroatoms. The van der Waals surface area contributed by atoms with E-state index in [9.17, 15) is 0 Å². The van der Waals surface area contributed by atoms with Crippen LogP contribution in [0, 0.1) is 0 Å². The fourth-order valence-corrected chi connectivity index (χ4v) is 7.97. The van der Waals surface area contributed by atoms with E-state index in [1.165, 1.54) is 11.1 Å². The highest BCUT2D eigenvalue weighted by Gasteiger charge is 2.20. The molecule has 262 valence electrons. The minimum Gasteiger partial charge on any atom is -0.456 e. The van der Waals surface area contributed by atoms with Crippen LogP contribution in [-0.4, -0.2) is 19.5 Å². The molecular weight excluding hydrogens is 685 g/mol. The van der Waals surface area contributed by atoms with E-state index >= 15 is 0 Å². The zero-order valence-corrected chi connectivity index (χ0v) is 30.2. The van der Waals surface area contributed by atoms with E-state index in [2.05, 4.69) is 156 Å². The van der Waals surface area contributed by atoms with E-state index in [1.807, 2.05) is 42.5 Å². The lowest BCUT2D eigenvalue weighted by molar-refractivity contribution is 0.669. The van der Waals surface area contributed by atoms with Gasteiger partial charge in [0.25, 0.3) is 0 Å². The third-order valence-corrected chi connectivity index (χ3v) is 10.7. The number of fused-ring (bicyclic) bond motifs is 6. The summed E-state index contributed by atoms with van der Waals surface area (Å²) in [6.45, 7) is 0. The summed E-state index contributed by atoms with van der Waals surface area (Å²) in [6.07, 6.45) is 0. The molecule has 3 aromatic heterocycles. The number of hydrogen-bond acceptors (Lipinski definition) is 4. The lowest BCUT2D eigenvalue weighted by Crippen LogP contribution is -2.00. The number of hydrogen-bond donors (Lipinski definition) is 0. The minimum atomic E-state index is 0.621. The van der Waals surface area contributed by atoms with Crippen LogP contribution >= 0.6 is 0 Å². The van der Waals surface area contributed by atoms with Crippen molar-refractivity contribution < 1.29 is 4.42 Å². The monoisotopic (exact) mass is 716 g/mol. The summed E-state index contributed by atoms with van der Waals surface area (Å²) in [5.74, 6) is 1.88. The van der Waals surface area contributed by atoms with E-state index in [-0.39, 0.29) is 0 Å². The molecule has 0 radical (unpaired) electrons. The SMILES string of the molecule is c1ccc(-c2ccc(-c3nc(-c4ccccc4)nc(-c4ccc5c(c4)c4ccccc4n5-c4cccc5oc6ccc(-c7ccccc7)cc6c45)n3)cc2)cc1. The Balaban J connectivity index is 1.09. The van der Waals surface area contributed by atoms with Crippen LogP contribution in [0.5, 0.6) is 0 Å². The lowest BCUT2D eigenvalue weighted by atomic mass is 10.0. The Kier molecular flexibility index (Phi) is 7.42. The van der Waals surface area contributed by atoms with Gasteiger partial charge in [-0.1, -0.05) is 146 Å². The zero-order chi connectivity index (χ0) is 37.0. The summed E-state index contributed by atoms with van der Waals surface area (Å²) in [7, 11) is 0. The number of nitrogens with zero attached hydrogens (tertiary/aromatic N) is 4. The van der Waals surface area contributed by atoms with Crippen molar-refractivity contribution in [2.45, 2.75) is 0 Å². The number of furan rings is 1. The van der Waals surface area contributed by atoms with Crippen molar-refractivity contribution in [3.05, 3.63) is 194 Å². The van der Waals surface area contributed by atoms with Gasteiger partial charge in [-0.15, -0.1) is 0 Å². The maximum Gasteiger partial charge on any atom is 0.164 e. The van der Waals surface area contributed by atoms with Gasteiger partial charge < -0.3 is 8.98 Å². The molecule has 0 aliphatic rings. The highest BCUT2D eigenvalue weighted by atomic mass is 16.3. The maximum absolute atomic E-state index is 6.47. The normalized spacial score (nSPS) is 11.6. The van der Waals surface area contributed by atoms with Gasteiger partial charge in [-0.05, 0) is 70.8 Å². The predicted molar refractivity (Wildman–Crippen MR) is 229 cm³/mol. The Morgan fingerprint density at radius 3 is 1.54 bits per heavy atom. The van der Waals surface area contributed by atoms with E-state index in [4.69, 9.17) is 19.4 Å². The molecule has 0 bridgehead atoms. The van der Waals surface area contributed by atoms with Crippen LogP contribution in [0.2, 0.25) is 0 Å².